The summed E-state index contributed by atoms with van der Waals surface area (Å²) in [5, 5.41) is 13.9. The lowest BCUT2D eigenvalue weighted by Gasteiger charge is -2.22. The maximum Gasteiger partial charge on any atom is 0.0813 e. The predicted octanol–water partition coefficient (Wildman–Crippen LogP) is 3.04. The number of hydrogen-bond acceptors (Lipinski definition) is 4. The number of nitrogens with zero attached hydrogens (tertiary/aromatic N) is 1. The maximum absolute atomic E-state index is 8.61. The molecular formula is C11H15NO2S. The first kappa shape index (κ1) is 10.6. The van der Waals surface area contributed by atoms with Crippen LogP contribution in [0.4, 0.5) is 0 Å². The van der Waals surface area contributed by atoms with Gasteiger partial charge in [-0.25, -0.2) is 0 Å². The molecule has 0 aromatic carbocycles. The van der Waals surface area contributed by atoms with Gasteiger partial charge in [-0.3, -0.25) is 0 Å². The summed E-state index contributed by atoms with van der Waals surface area (Å²) in [5.41, 5.74) is 0.908. The summed E-state index contributed by atoms with van der Waals surface area (Å²) < 4.78 is 5.79. The summed E-state index contributed by atoms with van der Waals surface area (Å²) in [6.45, 7) is 0.716. The third-order valence-electron chi connectivity index (χ3n) is 2.69. The molecule has 1 N–H and O–H groups in total. The lowest BCUT2D eigenvalue weighted by Crippen LogP contribution is -2.21. The van der Waals surface area contributed by atoms with Crippen LogP contribution < -0.4 is 0 Å². The zero-order valence-corrected chi connectivity index (χ0v) is 9.37. The van der Waals surface area contributed by atoms with Crippen molar-refractivity contribution in [1.29, 1.82) is 0 Å². The van der Waals surface area contributed by atoms with E-state index in [9.17, 15) is 0 Å². The molecule has 1 saturated carbocycles. The van der Waals surface area contributed by atoms with Crippen LogP contribution in [0.2, 0.25) is 0 Å². The molecule has 4 heteroatoms. The topological polar surface area (TPSA) is 41.8 Å². The van der Waals surface area contributed by atoms with Crippen LogP contribution in [0.15, 0.2) is 22.7 Å². The largest absolute Gasteiger partial charge is 0.411 e. The van der Waals surface area contributed by atoms with Gasteiger partial charge in [0.1, 0.15) is 0 Å². The zero-order chi connectivity index (χ0) is 10.5. The third-order valence-corrected chi connectivity index (χ3v) is 3.54. The zero-order valence-electron chi connectivity index (χ0n) is 8.56. The van der Waals surface area contributed by atoms with E-state index in [1.807, 2.05) is 6.07 Å². The van der Waals surface area contributed by atoms with Gasteiger partial charge >= 0.3 is 0 Å². The number of ether oxygens (including phenoxy) is 1. The highest BCUT2D eigenvalue weighted by molar-refractivity contribution is 7.09. The van der Waals surface area contributed by atoms with Gasteiger partial charge in [0.15, 0.2) is 0 Å². The summed E-state index contributed by atoms with van der Waals surface area (Å²) in [6, 6.07) is 4.13. The smallest absolute Gasteiger partial charge is 0.0813 e. The van der Waals surface area contributed by atoms with Crippen molar-refractivity contribution in [1.82, 2.24) is 0 Å². The Kier molecular flexibility index (Phi) is 3.75. The van der Waals surface area contributed by atoms with E-state index < -0.39 is 0 Å². The van der Waals surface area contributed by atoms with E-state index in [-0.39, 0.29) is 0 Å². The number of thiophene rings is 1. The fraction of sp³-hybridized carbons (Fsp3) is 0.545. The van der Waals surface area contributed by atoms with Crippen molar-refractivity contribution < 1.29 is 9.94 Å². The summed E-state index contributed by atoms with van der Waals surface area (Å²) in [7, 11) is 0. The molecule has 1 fully saturated rings. The van der Waals surface area contributed by atoms with Crippen LogP contribution in [-0.2, 0) is 11.3 Å². The van der Waals surface area contributed by atoms with Gasteiger partial charge in [-0.2, -0.15) is 0 Å². The van der Waals surface area contributed by atoms with Crippen LogP contribution in [0.1, 0.15) is 30.6 Å². The first-order valence-corrected chi connectivity index (χ1v) is 6.10. The average Bonchev–Trinajstić information content (AvgIpc) is 2.80. The Morgan fingerprint density at radius 3 is 2.87 bits per heavy atom. The summed E-state index contributed by atoms with van der Waals surface area (Å²) in [5.74, 6) is 0. The van der Waals surface area contributed by atoms with E-state index in [0.717, 1.165) is 31.4 Å². The molecule has 1 aliphatic carbocycles. The Balaban J connectivity index is 1.73. The number of oxime groups is 1. The summed E-state index contributed by atoms with van der Waals surface area (Å²) in [6.07, 6.45) is 4.02. The van der Waals surface area contributed by atoms with E-state index in [4.69, 9.17) is 9.94 Å². The minimum atomic E-state index is 0.331. The lowest BCUT2D eigenvalue weighted by atomic mass is 9.96. The van der Waals surface area contributed by atoms with Crippen LogP contribution in [0.3, 0.4) is 0 Å². The quantitative estimate of drug-likeness (QED) is 0.634. The Labute approximate surface area is 93.4 Å². The number of hydrogen-bond donors (Lipinski definition) is 1. The molecule has 15 heavy (non-hydrogen) atoms. The summed E-state index contributed by atoms with van der Waals surface area (Å²) in [4.78, 5) is 1.27. The predicted molar refractivity (Wildman–Crippen MR) is 60.6 cm³/mol. The molecule has 0 spiro atoms. The molecule has 82 valence electrons. The number of rotatable bonds is 3. The fourth-order valence-corrected chi connectivity index (χ4v) is 2.41. The van der Waals surface area contributed by atoms with E-state index in [1.54, 1.807) is 11.3 Å². The van der Waals surface area contributed by atoms with E-state index in [2.05, 4.69) is 16.6 Å². The monoisotopic (exact) mass is 225 g/mol. The molecule has 1 aromatic heterocycles. The molecule has 1 heterocycles. The van der Waals surface area contributed by atoms with Crippen molar-refractivity contribution >= 4 is 17.0 Å². The molecule has 0 bridgehead atoms. The minimum absolute atomic E-state index is 0.331. The molecular weight excluding hydrogens is 210 g/mol. The standard InChI is InChI=1S/C11H15NO2S/c13-12-9-3-5-10(6-4-9)14-8-11-2-1-7-15-11/h1-2,7,10,13H,3-6,8H2. The first-order valence-electron chi connectivity index (χ1n) is 5.22. The van der Waals surface area contributed by atoms with Crippen molar-refractivity contribution in [3.05, 3.63) is 22.4 Å². The molecule has 0 saturated heterocycles. The Morgan fingerprint density at radius 2 is 2.27 bits per heavy atom. The second-order valence-corrected chi connectivity index (χ2v) is 4.79. The summed E-state index contributed by atoms with van der Waals surface area (Å²) >= 11 is 1.73. The molecule has 0 aliphatic heterocycles. The van der Waals surface area contributed by atoms with Gasteiger partial charge in [0.25, 0.3) is 0 Å². The van der Waals surface area contributed by atoms with Gasteiger partial charge in [-0.1, -0.05) is 11.2 Å². The van der Waals surface area contributed by atoms with Gasteiger partial charge < -0.3 is 9.94 Å². The molecule has 3 nitrogen and oxygen atoms in total. The molecule has 0 amide bonds. The van der Waals surface area contributed by atoms with Gasteiger partial charge in [-0.15, -0.1) is 11.3 Å². The van der Waals surface area contributed by atoms with Crippen molar-refractivity contribution in [2.45, 2.75) is 38.4 Å². The minimum Gasteiger partial charge on any atom is -0.411 e. The second-order valence-electron chi connectivity index (χ2n) is 3.76. The Hall–Kier alpha value is -0.870. The highest BCUT2D eigenvalue weighted by Gasteiger charge is 2.18. The normalized spacial score (nSPS) is 21.6. The van der Waals surface area contributed by atoms with E-state index in [1.165, 1.54) is 4.88 Å². The van der Waals surface area contributed by atoms with Crippen molar-refractivity contribution in [2.24, 2.45) is 5.16 Å². The lowest BCUT2D eigenvalue weighted by molar-refractivity contribution is 0.0292. The Morgan fingerprint density at radius 1 is 1.47 bits per heavy atom. The molecule has 0 unspecified atom stereocenters. The molecule has 1 aliphatic rings. The van der Waals surface area contributed by atoms with Crippen LogP contribution >= 0.6 is 11.3 Å². The van der Waals surface area contributed by atoms with Gasteiger partial charge in [-0.05, 0) is 37.1 Å². The van der Waals surface area contributed by atoms with Gasteiger partial charge in [0.2, 0.25) is 0 Å². The highest BCUT2D eigenvalue weighted by atomic mass is 32.1. The molecule has 2 rings (SSSR count). The SMILES string of the molecule is ON=C1CCC(OCc2cccs2)CC1. The maximum atomic E-state index is 8.61. The highest BCUT2D eigenvalue weighted by Crippen LogP contribution is 2.21. The third kappa shape index (κ3) is 3.04. The van der Waals surface area contributed by atoms with Gasteiger partial charge in [0, 0.05) is 4.88 Å². The molecule has 1 aromatic rings. The van der Waals surface area contributed by atoms with E-state index >= 15 is 0 Å². The van der Waals surface area contributed by atoms with Crippen LogP contribution in [-0.4, -0.2) is 17.0 Å². The molecule has 0 atom stereocenters. The van der Waals surface area contributed by atoms with Gasteiger partial charge in [0.05, 0.1) is 18.4 Å². The van der Waals surface area contributed by atoms with Crippen molar-refractivity contribution in [3.63, 3.8) is 0 Å². The second kappa shape index (κ2) is 5.28. The fourth-order valence-electron chi connectivity index (χ4n) is 1.79. The van der Waals surface area contributed by atoms with Crippen molar-refractivity contribution in [3.8, 4) is 0 Å². The Bertz CT molecular complexity index is 311. The average molecular weight is 225 g/mol. The van der Waals surface area contributed by atoms with Crippen molar-refractivity contribution in [2.75, 3.05) is 0 Å². The van der Waals surface area contributed by atoms with Crippen LogP contribution in [0, 0.1) is 0 Å². The first-order chi connectivity index (χ1) is 7.38. The van der Waals surface area contributed by atoms with E-state index in [0.29, 0.717) is 12.7 Å². The van der Waals surface area contributed by atoms with Crippen LogP contribution in [0.5, 0.6) is 0 Å². The van der Waals surface area contributed by atoms with Crippen LogP contribution in [0.25, 0.3) is 0 Å². The molecule has 0 radical (unpaired) electrons.